The standard InChI is InChI=1S/C15H15BrCl2N4O2/c1-8-10(14(18)22-21-13(8)17)6-9(16)7-20-11-4-3-5-19-12(11)15(23)24-2/h3-5,9,20H,6-7H2,1-2H3. The summed E-state index contributed by atoms with van der Waals surface area (Å²) in [5.74, 6) is -0.492. The number of aromatic nitrogens is 3. The second kappa shape index (κ2) is 8.60. The predicted octanol–water partition coefficient (Wildman–Crippen LogP) is 3.69. The Hall–Kier alpha value is -1.44. The van der Waals surface area contributed by atoms with Gasteiger partial charge >= 0.3 is 5.97 Å². The third-order valence-corrected chi connectivity index (χ3v) is 4.67. The van der Waals surface area contributed by atoms with Crippen LogP contribution in [0.15, 0.2) is 18.3 Å². The molecule has 0 amide bonds. The SMILES string of the molecule is COC(=O)c1ncccc1NCC(Br)Cc1c(Cl)nnc(Cl)c1C. The molecule has 0 saturated heterocycles. The molecule has 0 fully saturated rings. The lowest BCUT2D eigenvalue weighted by Crippen LogP contribution is -2.19. The van der Waals surface area contributed by atoms with Gasteiger partial charge in [0, 0.05) is 17.6 Å². The summed E-state index contributed by atoms with van der Waals surface area (Å²) < 4.78 is 4.72. The largest absolute Gasteiger partial charge is 0.464 e. The highest BCUT2D eigenvalue weighted by Crippen LogP contribution is 2.25. The smallest absolute Gasteiger partial charge is 0.358 e. The van der Waals surface area contributed by atoms with E-state index in [9.17, 15) is 4.79 Å². The minimum atomic E-state index is -0.492. The zero-order chi connectivity index (χ0) is 17.7. The normalized spacial score (nSPS) is 11.9. The molecule has 9 heteroatoms. The molecule has 2 aromatic rings. The summed E-state index contributed by atoms with van der Waals surface area (Å²) >= 11 is 15.7. The van der Waals surface area contributed by atoms with Crippen LogP contribution in [0.3, 0.4) is 0 Å². The average molecular weight is 434 g/mol. The summed E-state index contributed by atoms with van der Waals surface area (Å²) in [7, 11) is 1.32. The van der Waals surface area contributed by atoms with E-state index in [-0.39, 0.29) is 10.5 Å². The molecule has 1 N–H and O–H groups in total. The number of hydrogen-bond donors (Lipinski definition) is 1. The second-order valence-corrected chi connectivity index (χ2v) is 6.97. The van der Waals surface area contributed by atoms with Crippen LogP contribution < -0.4 is 5.32 Å². The fourth-order valence-corrected chi connectivity index (χ4v) is 2.96. The lowest BCUT2D eigenvalue weighted by atomic mass is 10.1. The summed E-state index contributed by atoms with van der Waals surface area (Å²) in [6, 6.07) is 3.51. The number of ether oxygens (including phenoxy) is 1. The van der Waals surface area contributed by atoms with Gasteiger partial charge in [0.1, 0.15) is 0 Å². The number of rotatable bonds is 6. The monoisotopic (exact) mass is 432 g/mol. The summed E-state index contributed by atoms with van der Waals surface area (Å²) in [4.78, 5) is 15.8. The molecule has 0 aliphatic carbocycles. The van der Waals surface area contributed by atoms with Crippen molar-refractivity contribution in [3.8, 4) is 0 Å². The molecule has 0 radical (unpaired) electrons. The van der Waals surface area contributed by atoms with E-state index in [4.69, 9.17) is 27.9 Å². The number of esters is 1. The Labute approximate surface area is 158 Å². The number of halogens is 3. The van der Waals surface area contributed by atoms with Gasteiger partial charge in [0.15, 0.2) is 16.0 Å². The molecule has 1 unspecified atom stereocenters. The van der Waals surface area contributed by atoms with E-state index in [1.165, 1.54) is 13.3 Å². The van der Waals surface area contributed by atoms with Crippen LogP contribution in [-0.4, -0.2) is 39.6 Å². The minimum Gasteiger partial charge on any atom is -0.464 e. The highest BCUT2D eigenvalue weighted by molar-refractivity contribution is 9.09. The molecule has 0 spiro atoms. The summed E-state index contributed by atoms with van der Waals surface area (Å²) in [6.45, 7) is 2.38. The number of carbonyl (C=O) groups excluding carboxylic acids is 1. The van der Waals surface area contributed by atoms with E-state index in [0.29, 0.717) is 29.0 Å². The molecule has 2 heterocycles. The van der Waals surface area contributed by atoms with E-state index < -0.39 is 5.97 Å². The van der Waals surface area contributed by atoms with Crippen LogP contribution in [0.5, 0.6) is 0 Å². The summed E-state index contributed by atoms with van der Waals surface area (Å²) in [6.07, 6.45) is 2.14. The molecule has 128 valence electrons. The van der Waals surface area contributed by atoms with Crippen LogP contribution in [0.4, 0.5) is 5.69 Å². The van der Waals surface area contributed by atoms with Crippen molar-refractivity contribution >= 4 is 50.8 Å². The summed E-state index contributed by atoms with van der Waals surface area (Å²) in [5, 5.41) is 11.5. The maximum atomic E-state index is 11.7. The molecule has 2 aromatic heterocycles. The van der Waals surface area contributed by atoms with Crippen molar-refractivity contribution in [3.63, 3.8) is 0 Å². The van der Waals surface area contributed by atoms with Crippen molar-refractivity contribution in [3.05, 3.63) is 45.5 Å². The number of hydrogen-bond acceptors (Lipinski definition) is 6. The Morgan fingerprint density at radius 1 is 1.38 bits per heavy atom. The highest BCUT2D eigenvalue weighted by atomic mass is 79.9. The molecular formula is C15H15BrCl2N4O2. The molecule has 2 rings (SSSR count). The third kappa shape index (κ3) is 4.55. The van der Waals surface area contributed by atoms with E-state index in [1.807, 2.05) is 6.92 Å². The molecule has 24 heavy (non-hydrogen) atoms. The van der Waals surface area contributed by atoms with Gasteiger partial charge in [0.05, 0.1) is 12.8 Å². The van der Waals surface area contributed by atoms with E-state index >= 15 is 0 Å². The van der Waals surface area contributed by atoms with Gasteiger partial charge in [-0.1, -0.05) is 39.1 Å². The van der Waals surface area contributed by atoms with Gasteiger partial charge in [-0.15, -0.1) is 10.2 Å². The van der Waals surface area contributed by atoms with Gasteiger partial charge < -0.3 is 10.1 Å². The van der Waals surface area contributed by atoms with Crippen LogP contribution in [-0.2, 0) is 11.2 Å². The molecule has 1 atom stereocenters. The van der Waals surface area contributed by atoms with Gasteiger partial charge in [0.25, 0.3) is 0 Å². The Kier molecular flexibility index (Phi) is 6.77. The highest BCUT2D eigenvalue weighted by Gasteiger charge is 2.17. The van der Waals surface area contributed by atoms with Crippen molar-refractivity contribution in [1.82, 2.24) is 15.2 Å². The lowest BCUT2D eigenvalue weighted by molar-refractivity contribution is 0.0595. The third-order valence-electron chi connectivity index (χ3n) is 3.36. The number of nitrogens with zero attached hydrogens (tertiary/aromatic N) is 3. The van der Waals surface area contributed by atoms with Gasteiger partial charge in [-0.2, -0.15) is 0 Å². The first kappa shape index (κ1) is 18.9. The fourth-order valence-electron chi connectivity index (χ4n) is 2.06. The fraction of sp³-hybridized carbons (Fsp3) is 0.333. The van der Waals surface area contributed by atoms with E-state index in [2.05, 4.69) is 36.4 Å². The first-order valence-electron chi connectivity index (χ1n) is 7.02. The quantitative estimate of drug-likeness (QED) is 0.552. The molecule has 0 aliphatic rings. The summed E-state index contributed by atoms with van der Waals surface area (Å²) in [5.41, 5.74) is 2.47. The maximum absolute atomic E-state index is 11.7. The zero-order valence-corrected chi connectivity index (χ0v) is 16.1. The maximum Gasteiger partial charge on any atom is 0.358 e. The van der Waals surface area contributed by atoms with E-state index in [1.54, 1.807) is 12.1 Å². The van der Waals surface area contributed by atoms with Crippen molar-refractivity contribution in [1.29, 1.82) is 0 Å². The Morgan fingerprint density at radius 2 is 2.08 bits per heavy atom. The molecule has 0 saturated carbocycles. The van der Waals surface area contributed by atoms with Crippen LogP contribution in [0, 0.1) is 6.92 Å². The number of alkyl halides is 1. The van der Waals surface area contributed by atoms with Gasteiger partial charge in [-0.25, -0.2) is 9.78 Å². The van der Waals surface area contributed by atoms with Crippen molar-refractivity contribution < 1.29 is 9.53 Å². The lowest BCUT2D eigenvalue weighted by Gasteiger charge is -2.15. The van der Waals surface area contributed by atoms with Crippen molar-refractivity contribution in [2.24, 2.45) is 0 Å². The van der Waals surface area contributed by atoms with Crippen LogP contribution >= 0.6 is 39.1 Å². The number of anilines is 1. The van der Waals surface area contributed by atoms with Crippen LogP contribution in [0.2, 0.25) is 10.3 Å². The first-order valence-corrected chi connectivity index (χ1v) is 8.69. The average Bonchev–Trinajstić information content (AvgIpc) is 2.59. The minimum absolute atomic E-state index is 0.0275. The molecular weight excluding hydrogens is 419 g/mol. The molecule has 6 nitrogen and oxygen atoms in total. The zero-order valence-electron chi connectivity index (χ0n) is 13.0. The number of pyridine rings is 1. The second-order valence-electron chi connectivity index (χ2n) is 4.96. The first-order chi connectivity index (χ1) is 11.4. The Balaban J connectivity index is 2.06. The molecule has 0 aliphatic heterocycles. The van der Waals surface area contributed by atoms with Crippen molar-refractivity contribution in [2.45, 2.75) is 18.2 Å². The Morgan fingerprint density at radius 3 is 2.79 bits per heavy atom. The van der Waals surface area contributed by atoms with Gasteiger partial charge in [0.2, 0.25) is 0 Å². The topological polar surface area (TPSA) is 77.0 Å². The number of nitrogens with one attached hydrogen (secondary N) is 1. The number of carbonyl (C=O) groups is 1. The van der Waals surface area contributed by atoms with E-state index in [0.717, 1.165) is 11.1 Å². The van der Waals surface area contributed by atoms with Crippen LogP contribution in [0.1, 0.15) is 21.6 Å². The molecule has 0 bridgehead atoms. The van der Waals surface area contributed by atoms with Crippen molar-refractivity contribution in [2.75, 3.05) is 19.0 Å². The molecule has 0 aromatic carbocycles. The number of methoxy groups -OCH3 is 1. The Bertz CT molecular complexity index is 745. The van der Waals surface area contributed by atoms with Gasteiger partial charge in [-0.05, 0) is 36.6 Å². The van der Waals surface area contributed by atoms with Crippen LogP contribution in [0.25, 0.3) is 0 Å². The van der Waals surface area contributed by atoms with Gasteiger partial charge in [-0.3, -0.25) is 0 Å². The predicted molar refractivity (Wildman–Crippen MR) is 97.3 cm³/mol.